The number of non-ortho nitro benzene ring substituents is 1. The molecule has 1 aromatic rings. The summed E-state index contributed by atoms with van der Waals surface area (Å²) in [5, 5.41) is 10.7. The number of hydrogen-bond donors (Lipinski definition) is 0. The normalized spacial score (nSPS) is 14.4. The lowest BCUT2D eigenvalue weighted by atomic mass is 10.1. The van der Waals surface area contributed by atoms with Gasteiger partial charge in [-0.25, -0.2) is 4.39 Å². The number of rotatable bonds is 5. The van der Waals surface area contributed by atoms with Gasteiger partial charge in [-0.3, -0.25) is 14.9 Å². The first-order valence-electron chi connectivity index (χ1n) is 6.65. The van der Waals surface area contributed by atoms with Gasteiger partial charge in [-0.15, -0.1) is 0 Å². The molecular formula is C14H17FN2O3. The van der Waals surface area contributed by atoms with Crippen LogP contribution < -0.4 is 0 Å². The van der Waals surface area contributed by atoms with Crippen molar-refractivity contribution in [1.29, 1.82) is 0 Å². The Hall–Kier alpha value is -1.98. The third kappa shape index (κ3) is 3.12. The molecule has 0 spiro atoms. The van der Waals surface area contributed by atoms with Crippen LogP contribution in [0.3, 0.4) is 0 Å². The highest BCUT2D eigenvalue weighted by Crippen LogP contribution is 2.30. The minimum atomic E-state index is -0.713. The number of nitrogens with zero attached hydrogens (tertiary/aromatic N) is 2. The molecule has 1 aromatic carbocycles. The van der Waals surface area contributed by atoms with Crippen LogP contribution in [0, 0.1) is 21.8 Å². The Bertz CT molecular complexity index is 541. The zero-order chi connectivity index (χ0) is 14.9. The molecule has 0 N–H and O–H groups in total. The van der Waals surface area contributed by atoms with E-state index in [4.69, 9.17) is 0 Å². The molecule has 1 saturated carbocycles. The fourth-order valence-corrected chi connectivity index (χ4v) is 2.12. The van der Waals surface area contributed by atoms with Crippen LogP contribution in [0.25, 0.3) is 0 Å². The minimum Gasteiger partial charge on any atom is -0.335 e. The molecule has 0 heterocycles. The lowest BCUT2D eigenvalue weighted by Gasteiger charge is -2.24. The van der Waals surface area contributed by atoms with Gasteiger partial charge in [0, 0.05) is 24.7 Å². The number of amides is 1. The van der Waals surface area contributed by atoms with Gasteiger partial charge in [0.15, 0.2) is 0 Å². The van der Waals surface area contributed by atoms with Crippen LogP contribution in [-0.4, -0.2) is 28.3 Å². The van der Waals surface area contributed by atoms with E-state index in [-0.39, 0.29) is 23.2 Å². The first-order chi connectivity index (χ1) is 9.40. The number of benzene rings is 1. The van der Waals surface area contributed by atoms with Gasteiger partial charge in [-0.1, -0.05) is 13.8 Å². The molecule has 2 rings (SSSR count). The van der Waals surface area contributed by atoms with Crippen LogP contribution in [0.15, 0.2) is 18.2 Å². The molecule has 1 aliphatic rings. The molecule has 0 radical (unpaired) electrons. The molecular weight excluding hydrogens is 263 g/mol. The van der Waals surface area contributed by atoms with E-state index < -0.39 is 16.6 Å². The van der Waals surface area contributed by atoms with Gasteiger partial charge in [0.2, 0.25) is 0 Å². The lowest BCUT2D eigenvalue weighted by Crippen LogP contribution is -2.36. The number of halogens is 1. The van der Waals surface area contributed by atoms with Crippen molar-refractivity contribution in [3.63, 3.8) is 0 Å². The van der Waals surface area contributed by atoms with E-state index in [1.54, 1.807) is 4.90 Å². The Morgan fingerprint density at radius 2 is 2.15 bits per heavy atom. The average molecular weight is 280 g/mol. The fourth-order valence-electron chi connectivity index (χ4n) is 2.12. The second kappa shape index (κ2) is 5.56. The molecule has 6 heteroatoms. The number of hydrogen-bond acceptors (Lipinski definition) is 3. The molecule has 0 aromatic heterocycles. The van der Waals surface area contributed by atoms with Gasteiger partial charge < -0.3 is 4.90 Å². The summed E-state index contributed by atoms with van der Waals surface area (Å²) >= 11 is 0. The molecule has 1 fully saturated rings. The van der Waals surface area contributed by atoms with E-state index in [1.165, 1.54) is 0 Å². The molecule has 5 nitrogen and oxygen atoms in total. The first-order valence-corrected chi connectivity index (χ1v) is 6.65. The van der Waals surface area contributed by atoms with Crippen molar-refractivity contribution in [2.24, 2.45) is 5.92 Å². The van der Waals surface area contributed by atoms with E-state index >= 15 is 0 Å². The number of nitro benzene ring substituents is 1. The summed E-state index contributed by atoms with van der Waals surface area (Å²) in [4.78, 5) is 24.2. The van der Waals surface area contributed by atoms with Crippen molar-refractivity contribution in [2.75, 3.05) is 6.54 Å². The smallest absolute Gasteiger partial charge is 0.270 e. The molecule has 0 aliphatic heterocycles. The molecule has 1 amide bonds. The number of carbonyl (C=O) groups is 1. The molecule has 0 unspecified atom stereocenters. The summed E-state index contributed by atoms with van der Waals surface area (Å²) in [5.41, 5.74) is -0.484. The third-order valence-electron chi connectivity index (χ3n) is 3.20. The fraction of sp³-hybridized carbons (Fsp3) is 0.500. The zero-order valence-corrected chi connectivity index (χ0v) is 11.5. The van der Waals surface area contributed by atoms with E-state index in [1.807, 2.05) is 13.8 Å². The van der Waals surface area contributed by atoms with Crippen LogP contribution in [0.4, 0.5) is 10.1 Å². The molecule has 0 bridgehead atoms. The van der Waals surface area contributed by atoms with Gasteiger partial charge in [0.1, 0.15) is 5.82 Å². The average Bonchev–Trinajstić information content (AvgIpc) is 3.19. The standard InChI is InChI=1S/C14H17FN2O3/c1-9(2)8-16(10-3-4-10)14(18)12-7-11(17(19)20)5-6-13(12)15/h5-7,9-10H,3-4,8H2,1-2H3. The summed E-state index contributed by atoms with van der Waals surface area (Å²) in [6.07, 6.45) is 1.82. The quantitative estimate of drug-likeness (QED) is 0.615. The SMILES string of the molecule is CC(C)CN(C(=O)c1cc([N+](=O)[O-])ccc1F)C1CC1. The molecule has 1 aliphatic carbocycles. The van der Waals surface area contributed by atoms with Crippen molar-refractivity contribution in [2.45, 2.75) is 32.7 Å². The highest BCUT2D eigenvalue weighted by Gasteiger charge is 2.34. The molecule has 20 heavy (non-hydrogen) atoms. The van der Waals surface area contributed by atoms with Crippen LogP contribution >= 0.6 is 0 Å². The minimum absolute atomic E-state index is 0.142. The largest absolute Gasteiger partial charge is 0.335 e. The second-order valence-electron chi connectivity index (χ2n) is 5.50. The lowest BCUT2D eigenvalue weighted by molar-refractivity contribution is -0.384. The molecule has 108 valence electrons. The van der Waals surface area contributed by atoms with Crippen molar-refractivity contribution >= 4 is 11.6 Å². The Morgan fingerprint density at radius 3 is 2.65 bits per heavy atom. The van der Waals surface area contributed by atoms with Crippen LogP contribution in [0.5, 0.6) is 0 Å². The molecule has 0 atom stereocenters. The summed E-state index contributed by atoms with van der Waals surface area (Å²) in [5.74, 6) is -0.904. The highest BCUT2D eigenvalue weighted by atomic mass is 19.1. The van der Waals surface area contributed by atoms with E-state index in [0.29, 0.717) is 6.54 Å². The van der Waals surface area contributed by atoms with Gasteiger partial charge in [0.25, 0.3) is 11.6 Å². The van der Waals surface area contributed by atoms with Crippen LogP contribution in [-0.2, 0) is 0 Å². The Balaban J connectivity index is 2.30. The topological polar surface area (TPSA) is 63.5 Å². The monoisotopic (exact) mass is 280 g/mol. The Morgan fingerprint density at radius 1 is 1.50 bits per heavy atom. The van der Waals surface area contributed by atoms with Gasteiger partial charge in [0.05, 0.1) is 10.5 Å². The van der Waals surface area contributed by atoms with Crippen LogP contribution in [0.2, 0.25) is 0 Å². The van der Waals surface area contributed by atoms with Crippen molar-refractivity contribution in [3.05, 3.63) is 39.7 Å². The second-order valence-corrected chi connectivity index (χ2v) is 5.50. The van der Waals surface area contributed by atoms with Gasteiger partial charge in [-0.2, -0.15) is 0 Å². The first kappa shape index (κ1) is 14.4. The summed E-state index contributed by atoms with van der Waals surface area (Å²) in [6, 6.07) is 3.21. The summed E-state index contributed by atoms with van der Waals surface area (Å²) in [6.45, 7) is 4.49. The predicted octanol–water partition coefficient (Wildman–Crippen LogP) is 2.99. The Kier molecular flexibility index (Phi) is 4.01. The van der Waals surface area contributed by atoms with Gasteiger partial charge >= 0.3 is 0 Å². The number of carbonyl (C=O) groups excluding carboxylic acids is 1. The third-order valence-corrected chi connectivity index (χ3v) is 3.20. The summed E-state index contributed by atoms with van der Waals surface area (Å²) < 4.78 is 13.8. The zero-order valence-electron chi connectivity index (χ0n) is 11.5. The van der Waals surface area contributed by atoms with E-state index in [0.717, 1.165) is 31.0 Å². The maximum Gasteiger partial charge on any atom is 0.270 e. The van der Waals surface area contributed by atoms with Crippen LogP contribution in [0.1, 0.15) is 37.0 Å². The maximum absolute atomic E-state index is 13.8. The summed E-state index contributed by atoms with van der Waals surface area (Å²) in [7, 11) is 0. The predicted molar refractivity (Wildman–Crippen MR) is 72.0 cm³/mol. The van der Waals surface area contributed by atoms with Crippen molar-refractivity contribution < 1.29 is 14.1 Å². The van der Waals surface area contributed by atoms with E-state index in [2.05, 4.69) is 0 Å². The highest BCUT2D eigenvalue weighted by molar-refractivity contribution is 5.95. The van der Waals surface area contributed by atoms with Gasteiger partial charge in [-0.05, 0) is 24.8 Å². The van der Waals surface area contributed by atoms with Crippen molar-refractivity contribution in [3.8, 4) is 0 Å². The van der Waals surface area contributed by atoms with E-state index in [9.17, 15) is 19.3 Å². The molecule has 0 saturated heterocycles. The number of nitro groups is 1. The maximum atomic E-state index is 13.8. The van der Waals surface area contributed by atoms with Crippen molar-refractivity contribution in [1.82, 2.24) is 4.90 Å². The Labute approximate surface area is 116 Å².